The van der Waals surface area contributed by atoms with Gasteiger partial charge in [-0.25, -0.2) is 0 Å². The first-order valence-electron chi connectivity index (χ1n) is 6.01. The van der Waals surface area contributed by atoms with Gasteiger partial charge >= 0.3 is 12.9 Å². The van der Waals surface area contributed by atoms with Crippen LogP contribution < -0.4 is 4.52 Å². The lowest BCUT2D eigenvalue weighted by molar-refractivity contribution is -0.604. The molecule has 0 unspecified atom stereocenters. The van der Waals surface area contributed by atoms with Crippen molar-refractivity contribution in [1.29, 1.82) is 0 Å². The number of fused-ring (bicyclic) bond motifs is 1. The second kappa shape index (κ2) is 5.90. The van der Waals surface area contributed by atoms with Crippen LogP contribution in [0.15, 0.2) is 48.7 Å². The molecule has 0 saturated heterocycles. The molecule has 0 radical (unpaired) electrons. The SMILES string of the molecule is Cc1ccc(-n2nnc3cccc[n+]32)cc1.F[B-](F)(F)F. The quantitative estimate of drug-likeness (QED) is 0.393. The zero-order valence-corrected chi connectivity index (χ0v) is 11.0. The highest BCUT2D eigenvalue weighted by Gasteiger charge is 2.20. The molecule has 2 heterocycles. The third kappa shape index (κ3) is 4.27. The summed E-state index contributed by atoms with van der Waals surface area (Å²) in [6.45, 7) is 2.07. The summed E-state index contributed by atoms with van der Waals surface area (Å²) in [5, 5.41) is 8.22. The first kappa shape index (κ1) is 15.0. The number of pyridine rings is 1. The lowest BCUT2D eigenvalue weighted by Gasteiger charge is -1.97. The molecular formula is C12H11BF4N4. The Hall–Kier alpha value is -2.45. The molecule has 0 bridgehead atoms. The molecule has 0 saturated carbocycles. The third-order valence-corrected chi connectivity index (χ3v) is 2.52. The zero-order valence-electron chi connectivity index (χ0n) is 11.0. The van der Waals surface area contributed by atoms with E-state index in [9.17, 15) is 17.3 Å². The zero-order chi connectivity index (χ0) is 15.5. The van der Waals surface area contributed by atoms with Gasteiger partial charge in [0.1, 0.15) is 10.8 Å². The average Bonchev–Trinajstić information content (AvgIpc) is 2.82. The number of nitrogens with zero attached hydrogens (tertiary/aromatic N) is 4. The Kier molecular flexibility index (Phi) is 4.20. The Morgan fingerprint density at radius 3 is 2.24 bits per heavy atom. The maximum Gasteiger partial charge on any atom is 0.673 e. The Bertz CT molecular complexity index is 718. The van der Waals surface area contributed by atoms with E-state index in [4.69, 9.17) is 0 Å². The Morgan fingerprint density at radius 2 is 1.62 bits per heavy atom. The molecule has 0 atom stereocenters. The van der Waals surface area contributed by atoms with Crippen LogP contribution in [-0.2, 0) is 0 Å². The summed E-state index contributed by atoms with van der Waals surface area (Å²) in [7, 11) is -6.00. The van der Waals surface area contributed by atoms with Crippen molar-refractivity contribution in [3.05, 3.63) is 54.2 Å². The Morgan fingerprint density at radius 1 is 1.00 bits per heavy atom. The largest absolute Gasteiger partial charge is 0.673 e. The third-order valence-electron chi connectivity index (χ3n) is 2.52. The number of aromatic nitrogens is 4. The van der Waals surface area contributed by atoms with Gasteiger partial charge in [-0.3, -0.25) is 0 Å². The molecule has 2 aromatic heterocycles. The number of halogens is 4. The van der Waals surface area contributed by atoms with Crippen LogP contribution in [-0.4, -0.2) is 22.4 Å². The van der Waals surface area contributed by atoms with E-state index in [2.05, 4.69) is 29.4 Å². The highest BCUT2D eigenvalue weighted by atomic mass is 19.5. The molecule has 0 spiro atoms. The maximum atomic E-state index is 9.75. The summed E-state index contributed by atoms with van der Waals surface area (Å²) >= 11 is 0. The summed E-state index contributed by atoms with van der Waals surface area (Å²) in [6.07, 6.45) is 1.94. The van der Waals surface area contributed by atoms with E-state index in [0.717, 1.165) is 11.3 Å². The maximum absolute atomic E-state index is 9.75. The molecule has 3 rings (SSSR count). The summed E-state index contributed by atoms with van der Waals surface area (Å²) in [5.41, 5.74) is 3.07. The minimum Gasteiger partial charge on any atom is -0.418 e. The number of benzene rings is 1. The monoisotopic (exact) mass is 298 g/mol. The van der Waals surface area contributed by atoms with E-state index >= 15 is 0 Å². The summed E-state index contributed by atoms with van der Waals surface area (Å²) in [6, 6.07) is 14.0. The normalized spacial score (nSPS) is 11.1. The second-order valence-corrected chi connectivity index (χ2v) is 4.21. The number of hydrogen-bond donors (Lipinski definition) is 0. The molecule has 21 heavy (non-hydrogen) atoms. The van der Waals surface area contributed by atoms with Crippen LogP contribution >= 0.6 is 0 Å². The summed E-state index contributed by atoms with van der Waals surface area (Å²) < 4.78 is 40.9. The van der Waals surface area contributed by atoms with Gasteiger partial charge in [0.05, 0.1) is 6.20 Å². The molecular weight excluding hydrogens is 287 g/mol. The van der Waals surface area contributed by atoms with Crippen LogP contribution in [0.4, 0.5) is 17.3 Å². The van der Waals surface area contributed by atoms with Crippen molar-refractivity contribution in [3.8, 4) is 5.69 Å². The van der Waals surface area contributed by atoms with Gasteiger partial charge in [-0.15, -0.1) is 4.52 Å². The van der Waals surface area contributed by atoms with Crippen LogP contribution in [0, 0.1) is 6.92 Å². The van der Waals surface area contributed by atoms with Crippen molar-refractivity contribution in [3.63, 3.8) is 0 Å². The van der Waals surface area contributed by atoms with Crippen LogP contribution in [0.5, 0.6) is 0 Å². The van der Waals surface area contributed by atoms with Crippen LogP contribution in [0.2, 0.25) is 0 Å². The first-order chi connectivity index (χ1) is 9.84. The molecule has 9 heteroatoms. The molecule has 0 aliphatic rings. The molecule has 0 N–H and O–H groups in total. The van der Waals surface area contributed by atoms with Gasteiger partial charge in [-0.05, 0) is 29.9 Å². The lowest BCUT2D eigenvalue weighted by Crippen LogP contribution is -2.31. The van der Waals surface area contributed by atoms with Gasteiger partial charge in [0.2, 0.25) is 0 Å². The minimum atomic E-state index is -6.00. The first-order valence-corrected chi connectivity index (χ1v) is 6.01. The number of hydrogen-bond acceptors (Lipinski definition) is 2. The van der Waals surface area contributed by atoms with Crippen molar-refractivity contribution in [2.75, 3.05) is 0 Å². The van der Waals surface area contributed by atoms with E-state index in [1.807, 2.05) is 41.0 Å². The topological polar surface area (TPSA) is 34.8 Å². The molecule has 1 aromatic carbocycles. The van der Waals surface area contributed by atoms with Crippen molar-refractivity contribution < 1.29 is 21.8 Å². The summed E-state index contributed by atoms with van der Waals surface area (Å²) in [5.74, 6) is 0. The highest BCUT2D eigenvalue weighted by molar-refractivity contribution is 6.50. The molecule has 0 aliphatic carbocycles. The standard InChI is InChI=1S/C12H11N4.BF4/c1-10-5-7-11(8-6-10)16-14-13-12-4-2-3-9-15(12)16;2-1(3,4)5/h2-9H,1H3;/q+1;-1. The van der Waals surface area contributed by atoms with Crippen molar-refractivity contribution in [1.82, 2.24) is 15.1 Å². The molecule has 0 fully saturated rings. The van der Waals surface area contributed by atoms with E-state index < -0.39 is 7.25 Å². The predicted octanol–water partition coefficient (Wildman–Crippen LogP) is 2.61. The molecule has 3 aromatic rings. The molecule has 0 aliphatic heterocycles. The van der Waals surface area contributed by atoms with Crippen LogP contribution in [0.1, 0.15) is 5.56 Å². The smallest absolute Gasteiger partial charge is 0.418 e. The van der Waals surface area contributed by atoms with E-state index in [0.29, 0.717) is 0 Å². The summed E-state index contributed by atoms with van der Waals surface area (Å²) in [4.78, 5) is 1.77. The van der Waals surface area contributed by atoms with Gasteiger partial charge in [0.25, 0.3) is 0 Å². The highest BCUT2D eigenvalue weighted by Crippen LogP contribution is 2.07. The fourth-order valence-electron chi connectivity index (χ4n) is 1.65. The fraction of sp³-hybridized carbons (Fsp3) is 0.0833. The van der Waals surface area contributed by atoms with Crippen molar-refractivity contribution >= 4 is 12.9 Å². The minimum absolute atomic E-state index is 0.836. The van der Waals surface area contributed by atoms with Crippen LogP contribution in [0.3, 0.4) is 0 Å². The van der Waals surface area contributed by atoms with Crippen molar-refractivity contribution in [2.45, 2.75) is 6.92 Å². The van der Waals surface area contributed by atoms with Gasteiger partial charge < -0.3 is 17.3 Å². The predicted molar refractivity (Wildman–Crippen MR) is 69.4 cm³/mol. The van der Waals surface area contributed by atoms with Gasteiger partial charge in [0.15, 0.2) is 5.21 Å². The molecule has 0 amide bonds. The second-order valence-electron chi connectivity index (χ2n) is 4.21. The fourth-order valence-corrected chi connectivity index (χ4v) is 1.65. The van der Waals surface area contributed by atoms with E-state index in [1.54, 1.807) is 4.80 Å². The van der Waals surface area contributed by atoms with E-state index in [1.165, 1.54) is 5.56 Å². The van der Waals surface area contributed by atoms with Gasteiger partial charge in [-0.2, -0.15) is 0 Å². The number of aryl methyl sites for hydroxylation is 1. The molecule has 4 nitrogen and oxygen atoms in total. The Balaban J connectivity index is 0.000000282. The van der Waals surface area contributed by atoms with E-state index in [-0.39, 0.29) is 0 Å². The van der Waals surface area contributed by atoms with Gasteiger partial charge in [0, 0.05) is 6.07 Å². The Labute approximate surface area is 117 Å². The van der Waals surface area contributed by atoms with Crippen LogP contribution in [0.25, 0.3) is 11.3 Å². The van der Waals surface area contributed by atoms with Crippen molar-refractivity contribution in [2.24, 2.45) is 0 Å². The lowest BCUT2D eigenvalue weighted by atomic mass is 10.2. The number of tetrazole rings is 1. The molecule has 110 valence electrons. The average molecular weight is 298 g/mol. The van der Waals surface area contributed by atoms with Gasteiger partial charge in [-0.1, -0.05) is 23.8 Å². The number of rotatable bonds is 1.